The number of hydrogen-bond acceptors (Lipinski definition) is 2. The summed E-state index contributed by atoms with van der Waals surface area (Å²) in [4.78, 5) is 29.3. The lowest BCUT2D eigenvalue weighted by Crippen LogP contribution is -2.53. The van der Waals surface area contributed by atoms with E-state index < -0.39 is 6.04 Å². The van der Waals surface area contributed by atoms with Crippen molar-refractivity contribution in [2.24, 2.45) is 0 Å². The first-order chi connectivity index (χ1) is 17.1. The first kappa shape index (κ1) is 25.2. The molecule has 0 bridgehead atoms. The van der Waals surface area contributed by atoms with E-state index in [4.69, 9.17) is 0 Å². The Labute approximate surface area is 216 Å². The van der Waals surface area contributed by atoms with Crippen LogP contribution in [0.2, 0.25) is 0 Å². The molecule has 1 atom stereocenters. The molecule has 0 radical (unpaired) electrons. The van der Waals surface area contributed by atoms with Crippen molar-refractivity contribution in [2.45, 2.75) is 63.6 Å². The van der Waals surface area contributed by atoms with Crippen molar-refractivity contribution in [3.8, 4) is 0 Å². The summed E-state index contributed by atoms with van der Waals surface area (Å²) >= 11 is 3.55. The standard InChI is InChI=1S/C30H33BrN2O2/c31-26-16-10-15-25(19-26)22-33(29(34)21-24-13-6-2-7-14-24)28(20-23-11-4-1-5-12-23)30(35)32-27-17-8-3-9-18-27/h1-2,4-7,10-16,19,27-28H,3,8-9,17-18,20-22H2,(H,32,35)/t28-/m0/s1. The van der Waals surface area contributed by atoms with Crippen LogP contribution in [-0.4, -0.2) is 28.8 Å². The summed E-state index contributed by atoms with van der Waals surface area (Å²) in [5.41, 5.74) is 2.98. The number of carbonyl (C=O) groups is 2. The molecule has 0 spiro atoms. The zero-order chi connectivity index (χ0) is 24.5. The van der Waals surface area contributed by atoms with Crippen molar-refractivity contribution in [2.75, 3.05) is 0 Å². The van der Waals surface area contributed by atoms with E-state index >= 15 is 0 Å². The summed E-state index contributed by atoms with van der Waals surface area (Å²) in [7, 11) is 0. The normalized spacial score (nSPS) is 14.8. The molecule has 182 valence electrons. The van der Waals surface area contributed by atoms with Crippen LogP contribution in [0.15, 0.2) is 89.4 Å². The molecule has 3 aromatic carbocycles. The summed E-state index contributed by atoms with van der Waals surface area (Å²) in [6.45, 7) is 0.376. The Bertz CT molecular complexity index is 1100. The third-order valence-corrected chi connectivity index (χ3v) is 7.16. The number of nitrogens with one attached hydrogen (secondary N) is 1. The molecule has 0 aliphatic heterocycles. The van der Waals surface area contributed by atoms with Crippen molar-refractivity contribution >= 4 is 27.7 Å². The van der Waals surface area contributed by atoms with Gasteiger partial charge in [-0.05, 0) is 41.7 Å². The number of benzene rings is 3. The van der Waals surface area contributed by atoms with Gasteiger partial charge in [-0.2, -0.15) is 0 Å². The molecule has 4 rings (SSSR count). The largest absolute Gasteiger partial charge is 0.352 e. The molecule has 4 nitrogen and oxygen atoms in total. The average molecular weight is 534 g/mol. The van der Waals surface area contributed by atoms with Crippen molar-refractivity contribution < 1.29 is 9.59 Å². The Morgan fingerprint density at radius 3 is 2.11 bits per heavy atom. The van der Waals surface area contributed by atoms with E-state index in [9.17, 15) is 9.59 Å². The van der Waals surface area contributed by atoms with Gasteiger partial charge in [0, 0.05) is 23.5 Å². The summed E-state index contributed by atoms with van der Waals surface area (Å²) in [6, 6.07) is 27.3. The van der Waals surface area contributed by atoms with Crippen LogP contribution in [0.1, 0.15) is 48.8 Å². The zero-order valence-electron chi connectivity index (χ0n) is 20.0. The molecule has 0 unspecified atom stereocenters. The number of halogens is 1. The Balaban J connectivity index is 1.64. The highest BCUT2D eigenvalue weighted by atomic mass is 79.9. The van der Waals surface area contributed by atoms with E-state index in [0.717, 1.165) is 46.8 Å². The van der Waals surface area contributed by atoms with E-state index in [2.05, 4.69) is 21.2 Å². The molecule has 0 saturated heterocycles. The van der Waals surface area contributed by atoms with E-state index in [-0.39, 0.29) is 24.3 Å². The quantitative estimate of drug-likeness (QED) is 0.363. The Morgan fingerprint density at radius 1 is 0.829 bits per heavy atom. The minimum absolute atomic E-state index is 0.0455. The first-order valence-electron chi connectivity index (χ1n) is 12.5. The first-order valence-corrected chi connectivity index (χ1v) is 13.3. The van der Waals surface area contributed by atoms with Gasteiger partial charge >= 0.3 is 0 Å². The zero-order valence-corrected chi connectivity index (χ0v) is 21.6. The summed E-state index contributed by atoms with van der Waals surface area (Å²) in [5, 5.41) is 3.29. The molecule has 2 amide bonds. The van der Waals surface area contributed by atoms with Gasteiger partial charge in [0.15, 0.2) is 0 Å². The number of amides is 2. The van der Waals surface area contributed by atoms with Gasteiger partial charge in [-0.15, -0.1) is 0 Å². The number of nitrogens with zero attached hydrogens (tertiary/aromatic N) is 1. The Morgan fingerprint density at radius 2 is 1.46 bits per heavy atom. The maximum absolute atomic E-state index is 13.8. The highest BCUT2D eigenvalue weighted by molar-refractivity contribution is 9.10. The van der Waals surface area contributed by atoms with Crippen LogP contribution in [0.4, 0.5) is 0 Å². The maximum atomic E-state index is 13.8. The second-order valence-electron chi connectivity index (χ2n) is 9.36. The highest BCUT2D eigenvalue weighted by Gasteiger charge is 2.31. The number of carbonyl (C=O) groups excluding carboxylic acids is 2. The molecule has 1 N–H and O–H groups in total. The third kappa shape index (κ3) is 7.53. The van der Waals surface area contributed by atoms with E-state index in [1.54, 1.807) is 4.90 Å². The lowest BCUT2D eigenvalue weighted by molar-refractivity contribution is -0.141. The lowest BCUT2D eigenvalue weighted by Gasteiger charge is -2.33. The number of rotatable bonds is 9. The molecule has 3 aromatic rings. The molecule has 1 aliphatic rings. The van der Waals surface area contributed by atoms with Crippen molar-refractivity contribution in [1.82, 2.24) is 10.2 Å². The highest BCUT2D eigenvalue weighted by Crippen LogP contribution is 2.21. The topological polar surface area (TPSA) is 49.4 Å². The van der Waals surface area contributed by atoms with Crippen molar-refractivity contribution in [3.63, 3.8) is 0 Å². The fraction of sp³-hybridized carbons (Fsp3) is 0.333. The minimum Gasteiger partial charge on any atom is -0.352 e. The summed E-state index contributed by atoms with van der Waals surface area (Å²) in [6.07, 6.45) is 6.27. The smallest absolute Gasteiger partial charge is 0.243 e. The average Bonchev–Trinajstić information content (AvgIpc) is 2.88. The van der Waals surface area contributed by atoms with Gasteiger partial charge in [-0.1, -0.05) is 108 Å². The van der Waals surface area contributed by atoms with Gasteiger partial charge < -0.3 is 10.2 Å². The maximum Gasteiger partial charge on any atom is 0.243 e. The van der Waals surface area contributed by atoms with Crippen LogP contribution in [0, 0.1) is 0 Å². The fourth-order valence-corrected chi connectivity index (χ4v) is 5.25. The molecule has 0 aromatic heterocycles. The summed E-state index contributed by atoms with van der Waals surface area (Å²) < 4.78 is 0.955. The van der Waals surface area contributed by atoms with Gasteiger partial charge in [0.05, 0.1) is 6.42 Å². The molecule has 0 heterocycles. The molecule has 1 saturated carbocycles. The minimum atomic E-state index is -0.588. The van der Waals surface area contributed by atoms with Gasteiger partial charge in [0.25, 0.3) is 0 Å². The van der Waals surface area contributed by atoms with Crippen LogP contribution in [0.3, 0.4) is 0 Å². The van der Waals surface area contributed by atoms with Crippen LogP contribution < -0.4 is 5.32 Å². The molecule has 1 fully saturated rings. The molecule has 35 heavy (non-hydrogen) atoms. The predicted octanol–water partition coefficient (Wildman–Crippen LogP) is 6.08. The third-order valence-electron chi connectivity index (χ3n) is 6.66. The van der Waals surface area contributed by atoms with Crippen LogP contribution in [0.25, 0.3) is 0 Å². The SMILES string of the molecule is O=C(NC1CCCCC1)[C@H](Cc1ccccc1)N(Cc1cccc(Br)c1)C(=O)Cc1ccccc1. The summed E-state index contributed by atoms with van der Waals surface area (Å²) in [5.74, 6) is -0.104. The van der Waals surface area contributed by atoms with E-state index in [0.29, 0.717) is 13.0 Å². The fourth-order valence-electron chi connectivity index (χ4n) is 4.80. The molecular formula is C30H33BrN2O2. The Hall–Kier alpha value is -2.92. The van der Waals surface area contributed by atoms with Crippen molar-refractivity contribution in [3.05, 3.63) is 106 Å². The second kappa shape index (κ2) is 12.7. The van der Waals surface area contributed by atoms with E-state index in [1.807, 2.05) is 84.9 Å². The lowest BCUT2D eigenvalue weighted by atomic mass is 9.94. The molecule has 5 heteroatoms. The van der Waals surface area contributed by atoms with Crippen molar-refractivity contribution in [1.29, 1.82) is 0 Å². The Kier molecular flexibility index (Phi) is 9.13. The van der Waals surface area contributed by atoms with Crippen LogP contribution in [0.5, 0.6) is 0 Å². The second-order valence-corrected chi connectivity index (χ2v) is 10.3. The van der Waals surface area contributed by atoms with Gasteiger partial charge in [0.1, 0.15) is 6.04 Å². The molecular weight excluding hydrogens is 500 g/mol. The van der Waals surface area contributed by atoms with Crippen LogP contribution in [-0.2, 0) is 29.0 Å². The van der Waals surface area contributed by atoms with Gasteiger partial charge in [0.2, 0.25) is 11.8 Å². The number of hydrogen-bond donors (Lipinski definition) is 1. The van der Waals surface area contributed by atoms with Gasteiger partial charge in [-0.3, -0.25) is 9.59 Å². The predicted molar refractivity (Wildman–Crippen MR) is 144 cm³/mol. The van der Waals surface area contributed by atoms with Crippen LogP contribution >= 0.6 is 15.9 Å². The van der Waals surface area contributed by atoms with Gasteiger partial charge in [-0.25, -0.2) is 0 Å². The van der Waals surface area contributed by atoms with E-state index in [1.165, 1.54) is 6.42 Å². The molecule has 1 aliphatic carbocycles. The monoisotopic (exact) mass is 532 g/mol.